The topological polar surface area (TPSA) is 147 Å². The monoisotopic (exact) mass is 534 g/mol. The van der Waals surface area contributed by atoms with Gasteiger partial charge in [0.05, 0.1) is 57.4 Å². The Morgan fingerprint density at radius 2 is 1.45 bits per heavy atom. The van der Waals surface area contributed by atoms with E-state index in [1.54, 1.807) is 12.1 Å². The summed E-state index contributed by atoms with van der Waals surface area (Å²) >= 11 is 0. The summed E-state index contributed by atoms with van der Waals surface area (Å²) in [6, 6.07) is 3.67. The van der Waals surface area contributed by atoms with Crippen LogP contribution in [0.5, 0.6) is 5.75 Å². The number of imide groups is 2. The van der Waals surface area contributed by atoms with E-state index in [0.717, 1.165) is 24.0 Å². The number of fused-ring (bicyclic) bond motifs is 1. The zero-order valence-corrected chi connectivity index (χ0v) is 21.3. The molecule has 1 fully saturated rings. The molecule has 1 aromatic carbocycles. The maximum Gasteiger partial charge on any atom is 0.266 e. The van der Waals surface area contributed by atoms with Gasteiger partial charge < -0.3 is 28.5 Å². The van der Waals surface area contributed by atoms with Crippen molar-refractivity contribution in [1.29, 1.82) is 0 Å². The Bertz CT molecular complexity index is 983. The van der Waals surface area contributed by atoms with Crippen LogP contribution in [0, 0.1) is 0 Å². The van der Waals surface area contributed by atoms with Gasteiger partial charge in [-0.1, -0.05) is 6.07 Å². The Morgan fingerprint density at radius 3 is 2.08 bits per heavy atom. The molecular weight excluding hydrogens is 500 g/mol. The van der Waals surface area contributed by atoms with E-state index in [4.69, 9.17) is 23.7 Å². The minimum Gasteiger partial charge on any atom is -0.490 e. The van der Waals surface area contributed by atoms with Crippen LogP contribution >= 0.6 is 0 Å². The first kappa shape index (κ1) is 29.4. The Labute approximate surface area is 220 Å². The number of nitrogens with zero attached hydrogens (tertiary/aromatic N) is 1. The average Bonchev–Trinajstić information content (AvgIpc) is 3.16. The zero-order valence-electron chi connectivity index (χ0n) is 21.3. The molecule has 1 saturated heterocycles. The Morgan fingerprint density at radius 1 is 0.816 bits per heavy atom. The third-order valence-corrected chi connectivity index (χ3v) is 5.89. The third kappa shape index (κ3) is 8.42. The number of carbonyl (C=O) groups excluding carboxylic acids is 5. The van der Waals surface area contributed by atoms with Crippen molar-refractivity contribution < 1.29 is 47.7 Å². The number of piperidine rings is 1. The third-order valence-electron chi connectivity index (χ3n) is 5.89. The Kier molecular flexibility index (Phi) is 12.3. The van der Waals surface area contributed by atoms with E-state index in [9.17, 15) is 24.0 Å². The zero-order chi connectivity index (χ0) is 27.2. The maximum absolute atomic E-state index is 13.0. The molecule has 208 valence electrons. The number of nitrogens with one attached hydrogen (secondary N) is 1. The molecule has 0 saturated carbocycles. The summed E-state index contributed by atoms with van der Waals surface area (Å²) in [7, 11) is 0. The summed E-state index contributed by atoms with van der Waals surface area (Å²) in [5.74, 6) is -2.05. The fraction of sp³-hybridized carbons (Fsp3) is 0.577. The number of amides is 4. The van der Waals surface area contributed by atoms with E-state index >= 15 is 0 Å². The molecule has 0 aliphatic carbocycles. The van der Waals surface area contributed by atoms with Crippen molar-refractivity contribution >= 4 is 29.9 Å². The first-order valence-electron chi connectivity index (χ1n) is 12.8. The number of rotatable bonds is 19. The molecule has 2 aliphatic rings. The van der Waals surface area contributed by atoms with E-state index in [0.29, 0.717) is 52.7 Å². The van der Waals surface area contributed by atoms with Gasteiger partial charge in [-0.05, 0) is 31.4 Å². The van der Waals surface area contributed by atoms with Gasteiger partial charge in [0.1, 0.15) is 24.7 Å². The van der Waals surface area contributed by atoms with Crippen LogP contribution in [0.25, 0.3) is 0 Å². The lowest BCUT2D eigenvalue weighted by Crippen LogP contribution is -2.54. The van der Waals surface area contributed by atoms with Gasteiger partial charge in [-0.25, -0.2) is 0 Å². The predicted octanol–water partition coefficient (Wildman–Crippen LogP) is 0.902. The molecule has 0 aromatic heterocycles. The molecule has 0 radical (unpaired) electrons. The summed E-state index contributed by atoms with van der Waals surface area (Å²) in [5, 5.41) is 2.17. The minimum atomic E-state index is -1.03. The van der Waals surface area contributed by atoms with Crippen LogP contribution in [-0.2, 0) is 33.3 Å². The van der Waals surface area contributed by atoms with Crippen molar-refractivity contribution in [3.05, 3.63) is 29.3 Å². The van der Waals surface area contributed by atoms with Crippen molar-refractivity contribution in [2.24, 2.45) is 0 Å². The van der Waals surface area contributed by atoms with E-state index < -0.39 is 29.7 Å². The predicted molar refractivity (Wildman–Crippen MR) is 132 cm³/mol. The lowest BCUT2D eigenvalue weighted by Gasteiger charge is -2.27. The Balaban J connectivity index is 1.27. The highest BCUT2D eigenvalue weighted by Gasteiger charge is 2.45. The highest BCUT2D eigenvalue weighted by Crippen LogP contribution is 2.33. The summed E-state index contributed by atoms with van der Waals surface area (Å²) in [6.45, 7) is 3.59. The smallest absolute Gasteiger partial charge is 0.266 e. The molecule has 4 amide bonds. The molecule has 0 bridgehead atoms. The van der Waals surface area contributed by atoms with Crippen molar-refractivity contribution in [2.75, 3.05) is 59.5 Å². The molecule has 12 nitrogen and oxygen atoms in total. The molecular formula is C26H34N2O10. The fourth-order valence-corrected chi connectivity index (χ4v) is 4.01. The van der Waals surface area contributed by atoms with Crippen molar-refractivity contribution in [3.8, 4) is 5.75 Å². The molecule has 2 heterocycles. The molecule has 2 aliphatic heterocycles. The largest absolute Gasteiger partial charge is 0.490 e. The van der Waals surface area contributed by atoms with Gasteiger partial charge in [0.25, 0.3) is 11.8 Å². The van der Waals surface area contributed by atoms with Crippen LogP contribution in [0.2, 0.25) is 0 Å². The van der Waals surface area contributed by atoms with Crippen LogP contribution in [0.3, 0.4) is 0 Å². The summed E-state index contributed by atoms with van der Waals surface area (Å²) in [5.41, 5.74) is 0.267. The van der Waals surface area contributed by atoms with E-state index in [1.807, 2.05) is 0 Å². The highest BCUT2D eigenvalue weighted by molar-refractivity contribution is 6.24. The van der Waals surface area contributed by atoms with Gasteiger partial charge in [0.15, 0.2) is 0 Å². The van der Waals surface area contributed by atoms with Crippen LogP contribution in [0.15, 0.2) is 18.2 Å². The summed E-state index contributed by atoms with van der Waals surface area (Å²) in [6.07, 6.45) is 3.33. The number of carbonyl (C=O) groups is 5. The first-order chi connectivity index (χ1) is 18.5. The van der Waals surface area contributed by atoms with Gasteiger partial charge in [0.2, 0.25) is 11.8 Å². The van der Waals surface area contributed by atoms with Gasteiger partial charge in [0, 0.05) is 19.4 Å². The molecule has 0 spiro atoms. The molecule has 1 unspecified atom stereocenters. The molecule has 38 heavy (non-hydrogen) atoms. The van der Waals surface area contributed by atoms with Gasteiger partial charge in [-0.3, -0.25) is 29.4 Å². The van der Waals surface area contributed by atoms with E-state index in [-0.39, 0.29) is 42.9 Å². The van der Waals surface area contributed by atoms with Crippen LogP contribution in [-0.4, -0.2) is 100 Å². The summed E-state index contributed by atoms with van der Waals surface area (Å²) < 4.78 is 27.4. The molecule has 1 N–H and O–H groups in total. The quantitative estimate of drug-likeness (QED) is 0.154. The lowest BCUT2D eigenvalue weighted by atomic mass is 10.0. The maximum atomic E-state index is 13.0. The van der Waals surface area contributed by atoms with Crippen molar-refractivity contribution in [2.45, 2.75) is 38.1 Å². The Hall–Kier alpha value is -3.19. The standard InChI is InChI=1S/C26H34N2O10/c29-9-2-1-3-10-34-11-12-35-13-14-36-15-16-37-17-18-38-21-6-4-5-19-23(21)26(33)28(25(19)32)20-7-8-22(30)27-24(20)31/h4-6,9,20H,1-3,7-8,10-18H2,(H,27,30,31). The summed E-state index contributed by atoms with van der Waals surface area (Å²) in [4.78, 5) is 60.6. The normalized spacial score (nSPS) is 17.1. The van der Waals surface area contributed by atoms with Crippen LogP contribution in [0.4, 0.5) is 0 Å². The van der Waals surface area contributed by atoms with Crippen molar-refractivity contribution in [3.63, 3.8) is 0 Å². The first-order valence-corrected chi connectivity index (χ1v) is 12.8. The number of aldehydes is 1. The SMILES string of the molecule is O=CCCCCOCCOCCOCCOCCOc1cccc2c1C(=O)N(C1CCC(=O)NC1=O)C2=O. The van der Waals surface area contributed by atoms with Crippen LogP contribution in [0.1, 0.15) is 52.8 Å². The second-order valence-electron chi connectivity index (χ2n) is 8.59. The molecule has 1 atom stereocenters. The number of hydrogen-bond donors (Lipinski definition) is 1. The van der Waals surface area contributed by atoms with Crippen LogP contribution < -0.4 is 10.1 Å². The number of hydrogen-bond acceptors (Lipinski definition) is 10. The van der Waals surface area contributed by atoms with E-state index in [1.165, 1.54) is 6.07 Å². The number of unbranched alkanes of at least 4 members (excludes halogenated alkanes) is 2. The van der Waals surface area contributed by atoms with E-state index in [2.05, 4.69) is 5.32 Å². The van der Waals surface area contributed by atoms with Gasteiger partial charge >= 0.3 is 0 Å². The van der Waals surface area contributed by atoms with Crippen molar-refractivity contribution in [1.82, 2.24) is 10.2 Å². The lowest BCUT2D eigenvalue weighted by molar-refractivity contribution is -0.136. The molecule has 1 aromatic rings. The van der Waals surface area contributed by atoms with Gasteiger partial charge in [-0.2, -0.15) is 0 Å². The number of ether oxygens (including phenoxy) is 5. The van der Waals surface area contributed by atoms with Gasteiger partial charge in [-0.15, -0.1) is 0 Å². The average molecular weight is 535 g/mol. The second kappa shape index (κ2) is 15.9. The molecule has 3 rings (SSSR count). The molecule has 12 heteroatoms. The minimum absolute atomic E-state index is 0.0567. The highest BCUT2D eigenvalue weighted by atomic mass is 16.6. The number of benzene rings is 1. The second-order valence-corrected chi connectivity index (χ2v) is 8.59. The fourth-order valence-electron chi connectivity index (χ4n) is 4.01.